The van der Waals surface area contributed by atoms with Crippen LogP contribution in [0.2, 0.25) is 0 Å². The number of hydrogen-bond donors (Lipinski definition) is 2. The Morgan fingerprint density at radius 2 is 2.17 bits per heavy atom. The molecule has 1 aromatic carbocycles. The van der Waals surface area contributed by atoms with Gasteiger partial charge >= 0.3 is 0 Å². The van der Waals surface area contributed by atoms with Gasteiger partial charge in [0.1, 0.15) is 17.3 Å². The van der Waals surface area contributed by atoms with Gasteiger partial charge in [-0.3, -0.25) is 14.5 Å². The topological polar surface area (TPSA) is 83.8 Å². The highest BCUT2D eigenvalue weighted by molar-refractivity contribution is 5.88. The van der Waals surface area contributed by atoms with Crippen LogP contribution in [0, 0.1) is 6.92 Å². The molecule has 1 unspecified atom stereocenters. The summed E-state index contributed by atoms with van der Waals surface area (Å²) in [4.78, 5) is 26.7. The average Bonchev–Trinajstić information content (AvgIpc) is 3.14. The van der Waals surface area contributed by atoms with E-state index in [4.69, 9.17) is 9.15 Å². The number of nitrogens with one attached hydrogen (secondary N) is 2. The summed E-state index contributed by atoms with van der Waals surface area (Å²) in [6.45, 7) is 4.01. The van der Waals surface area contributed by atoms with Crippen molar-refractivity contribution in [3.63, 3.8) is 0 Å². The predicted molar refractivity (Wildman–Crippen MR) is 110 cm³/mol. The molecule has 1 aliphatic heterocycles. The van der Waals surface area contributed by atoms with Gasteiger partial charge in [-0.1, -0.05) is 30.4 Å². The van der Waals surface area contributed by atoms with Gasteiger partial charge in [-0.05, 0) is 25.1 Å². The zero-order valence-corrected chi connectivity index (χ0v) is 16.8. The smallest absolute Gasteiger partial charge is 0.237 e. The number of piperazine rings is 1. The van der Waals surface area contributed by atoms with E-state index in [1.165, 1.54) is 0 Å². The number of hydrogen-bond acceptors (Lipinski definition) is 5. The van der Waals surface area contributed by atoms with Crippen molar-refractivity contribution in [3.05, 3.63) is 59.6 Å². The minimum atomic E-state index is -0.496. The fraction of sp³-hybridized carbons (Fsp3) is 0.364. The Balaban J connectivity index is 1.57. The summed E-state index contributed by atoms with van der Waals surface area (Å²) < 4.78 is 10.8. The van der Waals surface area contributed by atoms with Gasteiger partial charge in [0, 0.05) is 25.2 Å². The number of furan rings is 1. The molecule has 0 aliphatic carbocycles. The second-order valence-electron chi connectivity index (χ2n) is 6.94. The second kappa shape index (κ2) is 9.93. The maximum absolute atomic E-state index is 12.4. The molecule has 0 spiro atoms. The molecule has 2 aromatic rings. The Morgan fingerprint density at radius 3 is 2.93 bits per heavy atom. The Hall–Kier alpha value is -3.06. The van der Waals surface area contributed by atoms with Gasteiger partial charge in [0.25, 0.3) is 0 Å². The van der Waals surface area contributed by atoms with Crippen LogP contribution in [0.5, 0.6) is 5.75 Å². The van der Waals surface area contributed by atoms with Gasteiger partial charge in [-0.2, -0.15) is 0 Å². The van der Waals surface area contributed by atoms with E-state index in [2.05, 4.69) is 10.6 Å². The molecule has 7 heteroatoms. The molecule has 2 N–H and O–H groups in total. The van der Waals surface area contributed by atoms with E-state index in [0.29, 0.717) is 31.9 Å². The van der Waals surface area contributed by atoms with E-state index in [1.807, 2.05) is 60.4 Å². The lowest BCUT2D eigenvalue weighted by atomic mass is 10.1. The van der Waals surface area contributed by atoms with Crippen LogP contribution in [0.15, 0.2) is 46.9 Å². The first-order chi connectivity index (χ1) is 14.1. The number of ether oxygens (including phenoxy) is 1. The molecule has 29 heavy (non-hydrogen) atoms. The highest BCUT2D eigenvalue weighted by Gasteiger charge is 2.30. The van der Waals surface area contributed by atoms with Crippen LogP contribution in [-0.2, 0) is 16.1 Å². The van der Waals surface area contributed by atoms with Crippen molar-refractivity contribution in [2.45, 2.75) is 25.9 Å². The maximum Gasteiger partial charge on any atom is 0.237 e. The Kier molecular flexibility index (Phi) is 7.08. The van der Waals surface area contributed by atoms with E-state index in [9.17, 15) is 9.59 Å². The normalized spacial score (nSPS) is 17.3. The SMILES string of the molecule is COc1ccccc1/C=C/CN1CCNC(=O)C1CC(=O)NCc1ccc(C)o1. The average molecular weight is 397 g/mol. The van der Waals surface area contributed by atoms with Crippen LogP contribution >= 0.6 is 0 Å². The van der Waals surface area contributed by atoms with Crippen LogP contribution in [-0.4, -0.2) is 49.5 Å². The van der Waals surface area contributed by atoms with Gasteiger partial charge in [0.2, 0.25) is 11.8 Å². The van der Waals surface area contributed by atoms with Crippen molar-refractivity contribution >= 4 is 17.9 Å². The third kappa shape index (κ3) is 5.71. The van der Waals surface area contributed by atoms with Crippen molar-refractivity contribution in [1.29, 1.82) is 0 Å². The van der Waals surface area contributed by atoms with Crippen molar-refractivity contribution in [2.24, 2.45) is 0 Å². The van der Waals surface area contributed by atoms with E-state index >= 15 is 0 Å². The highest BCUT2D eigenvalue weighted by Crippen LogP contribution is 2.19. The number of rotatable bonds is 8. The molecule has 1 aromatic heterocycles. The minimum Gasteiger partial charge on any atom is -0.496 e. The molecule has 1 atom stereocenters. The molecule has 1 fully saturated rings. The van der Waals surface area contributed by atoms with Crippen molar-refractivity contribution in [2.75, 3.05) is 26.7 Å². The number of benzene rings is 1. The van der Waals surface area contributed by atoms with Crippen LogP contribution < -0.4 is 15.4 Å². The maximum atomic E-state index is 12.4. The molecule has 0 saturated carbocycles. The number of nitrogens with zero attached hydrogens (tertiary/aromatic N) is 1. The third-order valence-electron chi connectivity index (χ3n) is 4.85. The first-order valence-electron chi connectivity index (χ1n) is 9.70. The summed E-state index contributed by atoms with van der Waals surface area (Å²) in [5, 5.41) is 5.67. The monoisotopic (exact) mass is 397 g/mol. The first-order valence-corrected chi connectivity index (χ1v) is 9.70. The number of para-hydroxylation sites is 1. The Bertz CT molecular complexity index is 874. The molecule has 7 nitrogen and oxygen atoms in total. The number of amides is 2. The summed E-state index contributed by atoms with van der Waals surface area (Å²) in [5.41, 5.74) is 0.972. The van der Waals surface area contributed by atoms with Gasteiger partial charge in [0.15, 0.2) is 0 Å². The summed E-state index contributed by atoms with van der Waals surface area (Å²) in [5.74, 6) is 1.99. The standard InChI is InChI=1S/C22H27N3O4/c1-16-9-10-18(29-16)15-24-21(26)14-19-22(27)23-11-13-25(19)12-5-7-17-6-3-4-8-20(17)28-2/h3-10,19H,11-15H2,1-2H3,(H,23,27)(H,24,26)/b7-5+. The molecule has 1 saturated heterocycles. The van der Waals surface area contributed by atoms with E-state index < -0.39 is 6.04 Å². The molecular weight excluding hydrogens is 370 g/mol. The van der Waals surface area contributed by atoms with Crippen molar-refractivity contribution in [3.8, 4) is 5.75 Å². The predicted octanol–water partition coefficient (Wildman–Crippen LogP) is 2.12. The van der Waals surface area contributed by atoms with Crippen LogP contribution in [0.25, 0.3) is 6.08 Å². The fourth-order valence-electron chi connectivity index (χ4n) is 3.34. The minimum absolute atomic E-state index is 0.105. The number of methoxy groups -OCH3 is 1. The zero-order valence-electron chi connectivity index (χ0n) is 16.8. The Morgan fingerprint density at radius 1 is 1.34 bits per heavy atom. The van der Waals surface area contributed by atoms with Gasteiger partial charge < -0.3 is 19.8 Å². The van der Waals surface area contributed by atoms with Gasteiger partial charge in [-0.15, -0.1) is 0 Å². The van der Waals surface area contributed by atoms with Crippen molar-refractivity contribution in [1.82, 2.24) is 15.5 Å². The quantitative estimate of drug-likeness (QED) is 0.713. The number of carbonyl (C=O) groups is 2. The third-order valence-corrected chi connectivity index (χ3v) is 4.85. The van der Waals surface area contributed by atoms with Gasteiger partial charge in [-0.25, -0.2) is 0 Å². The lowest BCUT2D eigenvalue weighted by Crippen LogP contribution is -2.56. The van der Waals surface area contributed by atoms with E-state index in [0.717, 1.165) is 17.1 Å². The van der Waals surface area contributed by atoms with E-state index in [1.54, 1.807) is 7.11 Å². The summed E-state index contributed by atoms with van der Waals surface area (Å²) in [6, 6.07) is 10.9. The molecule has 3 rings (SSSR count). The zero-order chi connectivity index (χ0) is 20.6. The molecule has 1 aliphatic rings. The summed E-state index contributed by atoms with van der Waals surface area (Å²) in [6.07, 6.45) is 4.07. The second-order valence-corrected chi connectivity index (χ2v) is 6.94. The number of carbonyl (C=O) groups excluding carboxylic acids is 2. The fourth-order valence-corrected chi connectivity index (χ4v) is 3.34. The van der Waals surface area contributed by atoms with Gasteiger partial charge in [0.05, 0.1) is 26.1 Å². The van der Waals surface area contributed by atoms with Crippen LogP contribution in [0.1, 0.15) is 23.5 Å². The molecule has 2 amide bonds. The molecule has 0 radical (unpaired) electrons. The van der Waals surface area contributed by atoms with Crippen LogP contribution in [0.3, 0.4) is 0 Å². The molecule has 2 heterocycles. The molecule has 0 bridgehead atoms. The first kappa shape index (κ1) is 20.7. The lowest BCUT2D eigenvalue weighted by Gasteiger charge is -2.33. The lowest BCUT2D eigenvalue weighted by molar-refractivity contribution is -0.133. The Labute approximate surface area is 170 Å². The van der Waals surface area contributed by atoms with E-state index in [-0.39, 0.29) is 18.2 Å². The number of aryl methyl sites for hydroxylation is 1. The summed E-state index contributed by atoms with van der Waals surface area (Å²) >= 11 is 0. The molecule has 154 valence electrons. The summed E-state index contributed by atoms with van der Waals surface area (Å²) in [7, 11) is 1.64. The van der Waals surface area contributed by atoms with Crippen molar-refractivity contribution < 1.29 is 18.7 Å². The largest absolute Gasteiger partial charge is 0.496 e. The molecular formula is C22H27N3O4. The highest BCUT2D eigenvalue weighted by atomic mass is 16.5. The van der Waals surface area contributed by atoms with Crippen LogP contribution in [0.4, 0.5) is 0 Å².